The largest absolute Gasteiger partial charge is 0.477 e. The molecule has 0 spiro atoms. The van der Waals surface area contributed by atoms with Gasteiger partial charge in [0.25, 0.3) is 5.91 Å². The number of nitrogens with zero attached hydrogens (tertiary/aromatic N) is 2. The number of amides is 2. The van der Waals surface area contributed by atoms with E-state index < -0.39 is 11.9 Å². The quantitative estimate of drug-likeness (QED) is 0.826. The summed E-state index contributed by atoms with van der Waals surface area (Å²) in [5, 5.41) is 8.80. The summed E-state index contributed by atoms with van der Waals surface area (Å²) in [6.45, 7) is -0.135. The van der Waals surface area contributed by atoms with Crippen LogP contribution in [0.5, 0.6) is 0 Å². The number of rotatable bonds is 5. The zero-order valence-electron chi connectivity index (χ0n) is 11.5. The summed E-state index contributed by atoms with van der Waals surface area (Å²) in [5.74, 6) is -2.06. The molecule has 3 N–H and O–H groups in total. The number of pyridine rings is 1. The Labute approximate surface area is 121 Å². The highest BCUT2D eigenvalue weighted by Gasteiger charge is 2.28. The van der Waals surface area contributed by atoms with E-state index in [0.29, 0.717) is 0 Å². The lowest BCUT2D eigenvalue weighted by molar-refractivity contribution is -0.119. The lowest BCUT2D eigenvalue weighted by Crippen LogP contribution is -2.44. The van der Waals surface area contributed by atoms with Crippen molar-refractivity contribution in [1.82, 2.24) is 9.88 Å². The van der Waals surface area contributed by atoms with Crippen LogP contribution >= 0.6 is 0 Å². The molecule has 0 bridgehead atoms. The van der Waals surface area contributed by atoms with Crippen molar-refractivity contribution in [1.29, 1.82) is 0 Å². The molecule has 7 nitrogen and oxygen atoms in total. The standard InChI is InChI=1S/C14H17N3O4/c15-12(18)8-17(10-3-1-2-4-10)13(19)9-5-6-11(14(20)21)16-7-9/h5-7,10H,1-4,8H2,(H2,15,18)(H,20,21). The Kier molecular flexibility index (Phi) is 4.52. The Morgan fingerprint density at radius 3 is 2.43 bits per heavy atom. The number of nitrogens with two attached hydrogens (primary N) is 1. The number of primary amides is 1. The molecule has 2 amide bonds. The third kappa shape index (κ3) is 3.56. The molecule has 1 heterocycles. The van der Waals surface area contributed by atoms with Crippen molar-refractivity contribution in [3.05, 3.63) is 29.6 Å². The van der Waals surface area contributed by atoms with E-state index in [-0.39, 0.29) is 29.8 Å². The van der Waals surface area contributed by atoms with Gasteiger partial charge in [0.05, 0.1) is 12.1 Å². The second-order valence-corrected chi connectivity index (χ2v) is 5.07. The molecule has 1 aromatic rings. The number of carboxylic acid groups (broad SMARTS) is 1. The second kappa shape index (κ2) is 6.34. The third-order valence-electron chi connectivity index (χ3n) is 3.58. The van der Waals surface area contributed by atoms with E-state index in [9.17, 15) is 14.4 Å². The summed E-state index contributed by atoms with van der Waals surface area (Å²) < 4.78 is 0. The maximum absolute atomic E-state index is 12.5. The lowest BCUT2D eigenvalue weighted by Gasteiger charge is -2.27. The molecule has 2 rings (SSSR count). The van der Waals surface area contributed by atoms with Crippen molar-refractivity contribution in [2.45, 2.75) is 31.7 Å². The Balaban J connectivity index is 2.20. The van der Waals surface area contributed by atoms with Gasteiger partial charge in [0.1, 0.15) is 5.69 Å². The maximum Gasteiger partial charge on any atom is 0.354 e. The summed E-state index contributed by atoms with van der Waals surface area (Å²) in [7, 11) is 0. The molecule has 112 valence electrons. The third-order valence-corrected chi connectivity index (χ3v) is 3.58. The lowest BCUT2D eigenvalue weighted by atomic mass is 10.1. The van der Waals surface area contributed by atoms with Gasteiger partial charge in [-0.1, -0.05) is 12.8 Å². The fourth-order valence-electron chi connectivity index (χ4n) is 2.56. The fourth-order valence-corrected chi connectivity index (χ4v) is 2.56. The van der Waals surface area contributed by atoms with E-state index in [1.54, 1.807) is 0 Å². The normalized spacial score (nSPS) is 14.9. The molecule has 7 heteroatoms. The average Bonchev–Trinajstić information content (AvgIpc) is 2.98. The van der Waals surface area contributed by atoms with E-state index in [1.807, 2.05) is 0 Å². The first kappa shape index (κ1) is 15.0. The monoisotopic (exact) mass is 291 g/mol. The van der Waals surface area contributed by atoms with E-state index >= 15 is 0 Å². The van der Waals surface area contributed by atoms with Crippen LogP contribution in [0.2, 0.25) is 0 Å². The fraction of sp³-hybridized carbons (Fsp3) is 0.429. The van der Waals surface area contributed by atoms with Crippen molar-refractivity contribution in [3.63, 3.8) is 0 Å². The van der Waals surface area contributed by atoms with Crippen LogP contribution in [0.1, 0.15) is 46.5 Å². The second-order valence-electron chi connectivity index (χ2n) is 5.07. The number of hydrogen-bond donors (Lipinski definition) is 2. The van der Waals surface area contributed by atoms with Crippen LogP contribution < -0.4 is 5.73 Å². The van der Waals surface area contributed by atoms with E-state index in [0.717, 1.165) is 25.7 Å². The van der Waals surface area contributed by atoms with Crippen molar-refractivity contribution in [2.75, 3.05) is 6.54 Å². The van der Waals surface area contributed by atoms with Gasteiger partial charge in [-0.2, -0.15) is 0 Å². The van der Waals surface area contributed by atoms with Gasteiger partial charge in [-0.3, -0.25) is 9.59 Å². The zero-order valence-corrected chi connectivity index (χ0v) is 11.5. The first-order valence-corrected chi connectivity index (χ1v) is 6.77. The molecule has 0 unspecified atom stereocenters. The van der Waals surface area contributed by atoms with E-state index in [2.05, 4.69) is 4.98 Å². The van der Waals surface area contributed by atoms with Gasteiger partial charge in [0.2, 0.25) is 5.91 Å². The van der Waals surface area contributed by atoms with E-state index in [1.165, 1.54) is 23.2 Å². The van der Waals surface area contributed by atoms with Crippen LogP contribution in [0.4, 0.5) is 0 Å². The number of carbonyl (C=O) groups excluding carboxylic acids is 2. The average molecular weight is 291 g/mol. The van der Waals surface area contributed by atoms with Crippen molar-refractivity contribution >= 4 is 17.8 Å². The van der Waals surface area contributed by atoms with Gasteiger partial charge < -0.3 is 15.7 Å². The van der Waals surface area contributed by atoms with Gasteiger partial charge in [-0.05, 0) is 25.0 Å². The molecule has 1 fully saturated rings. The number of carbonyl (C=O) groups is 3. The van der Waals surface area contributed by atoms with Crippen LogP contribution in [-0.2, 0) is 4.79 Å². The molecule has 21 heavy (non-hydrogen) atoms. The van der Waals surface area contributed by atoms with Gasteiger partial charge in [-0.25, -0.2) is 9.78 Å². The Hall–Kier alpha value is -2.44. The molecule has 0 atom stereocenters. The van der Waals surface area contributed by atoms with E-state index in [4.69, 9.17) is 10.8 Å². The SMILES string of the molecule is NC(=O)CN(C(=O)c1ccc(C(=O)O)nc1)C1CCCC1. The number of carboxylic acids is 1. The summed E-state index contributed by atoms with van der Waals surface area (Å²) in [6.07, 6.45) is 4.95. The smallest absolute Gasteiger partial charge is 0.354 e. The first-order chi connectivity index (χ1) is 9.99. The minimum atomic E-state index is -1.15. The topological polar surface area (TPSA) is 114 Å². The first-order valence-electron chi connectivity index (χ1n) is 6.77. The predicted molar refractivity (Wildman–Crippen MR) is 73.7 cm³/mol. The highest BCUT2D eigenvalue weighted by atomic mass is 16.4. The molecular weight excluding hydrogens is 274 g/mol. The molecule has 0 aromatic carbocycles. The van der Waals surface area contributed by atoms with Crippen LogP contribution in [0.25, 0.3) is 0 Å². The van der Waals surface area contributed by atoms with Crippen molar-refractivity contribution in [2.24, 2.45) is 5.73 Å². The minimum absolute atomic E-state index is 0.00384. The Morgan fingerprint density at radius 2 is 1.95 bits per heavy atom. The molecule has 0 saturated heterocycles. The molecule has 1 saturated carbocycles. The number of aromatic nitrogens is 1. The predicted octanol–water partition coefficient (Wildman–Crippen LogP) is 0.650. The molecule has 1 aliphatic carbocycles. The minimum Gasteiger partial charge on any atom is -0.477 e. The zero-order chi connectivity index (χ0) is 15.4. The molecule has 0 radical (unpaired) electrons. The van der Waals surface area contributed by atoms with Crippen LogP contribution in [0.15, 0.2) is 18.3 Å². The van der Waals surface area contributed by atoms with Gasteiger partial charge >= 0.3 is 5.97 Å². The molecule has 1 aliphatic rings. The Morgan fingerprint density at radius 1 is 1.29 bits per heavy atom. The summed E-state index contributed by atoms with van der Waals surface area (Å²) in [4.78, 5) is 39.6. The highest BCUT2D eigenvalue weighted by Crippen LogP contribution is 2.24. The number of aromatic carboxylic acids is 1. The van der Waals surface area contributed by atoms with Gasteiger partial charge in [0.15, 0.2) is 0 Å². The van der Waals surface area contributed by atoms with Gasteiger partial charge in [0, 0.05) is 12.2 Å². The summed E-state index contributed by atoms with van der Waals surface area (Å²) >= 11 is 0. The highest BCUT2D eigenvalue weighted by molar-refractivity contribution is 5.97. The van der Waals surface area contributed by atoms with Crippen molar-refractivity contribution in [3.8, 4) is 0 Å². The molecular formula is C14H17N3O4. The summed E-state index contributed by atoms with van der Waals surface area (Å²) in [5.41, 5.74) is 5.34. The van der Waals surface area contributed by atoms with Crippen LogP contribution in [0, 0.1) is 0 Å². The molecule has 0 aliphatic heterocycles. The van der Waals surface area contributed by atoms with Crippen molar-refractivity contribution < 1.29 is 19.5 Å². The maximum atomic E-state index is 12.5. The van der Waals surface area contributed by atoms with Crippen LogP contribution in [0.3, 0.4) is 0 Å². The Bertz CT molecular complexity index is 550. The number of hydrogen-bond acceptors (Lipinski definition) is 4. The molecule has 1 aromatic heterocycles. The van der Waals surface area contributed by atoms with Crippen LogP contribution in [-0.4, -0.2) is 45.4 Å². The van der Waals surface area contributed by atoms with Gasteiger partial charge in [-0.15, -0.1) is 0 Å². The summed E-state index contributed by atoms with van der Waals surface area (Å²) in [6, 6.07) is 2.68.